The van der Waals surface area contributed by atoms with Crippen molar-refractivity contribution in [2.45, 2.75) is 69.1 Å². The van der Waals surface area contributed by atoms with Gasteiger partial charge >= 0.3 is 6.09 Å². The number of methoxy groups -OCH3 is 1. The number of nitrogens with one attached hydrogen (secondary N) is 1. The number of rotatable bonds is 7. The van der Waals surface area contributed by atoms with Crippen molar-refractivity contribution in [1.82, 2.24) is 9.88 Å². The van der Waals surface area contributed by atoms with Gasteiger partial charge in [0.1, 0.15) is 0 Å². The minimum Gasteiger partial charge on any atom is -0.453 e. The van der Waals surface area contributed by atoms with Crippen molar-refractivity contribution in [3.8, 4) is 22.4 Å². The monoisotopic (exact) mass is 556 g/mol. The lowest BCUT2D eigenvalue weighted by Gasteiger charge is -2.49. The molecule has 2 saturated carbocycles. The standard InChI is InChI=1S/C33H40N4O4/c1-32(40)20-33(34,21-32)25-13-11-24(12-14-25)30-28(23-7-5-4-6-8-23)18-26(19-35-30)36-29(38)17-22-9-15-27(16-10-22)37(2)31(39)41-3/h4-8,11-14,18-19,22,27,40H,9-10,15-17,20-21,34H2,1-3H3,(H,36,38). The molecule has 2 fully saturated rings. The van der Waals surface area contributed by atoms with Gasteiger partial charge in [-0.15, -0.1) is 0 Å². The number of carbonyl (C=O) groups is 2. The third-order valence-electron chi connectivity index (χ3n) is 8.68. The van der Waals surface area contributed by atoms with Crippen LogP contribution in [0.25, 0.3) is 22.4 Å². The van der Waals surface area contributed by atoms with Crippen molar-refractivity contribution in [3.63, 3.8) is 0 Å². The zero-order valence-corrected chi connectivity index (χ0v) is 24.1. The highest BCUT2D eigenvalue weighted by molar-refractivity contribution is 5.93. The fourth-order valence-electron chi connectivity index (χ4n) is 6.58. The normalized spacial score (nSPS) is 25.6. The van der Waals surface area contributed by atoms with Crippen LogP contribution in [-0.4, -0.2) is 52.8 Å². The first-order valence-corrected chi connectivity index (χ1v) is 14.4. The Kier molecular flexibility index (Phi) is 8.16. The predicted octanol–water partition coefficient (Wildman–Crippen LogP) is 5.70. The Morgan fingerprint density at radius 3 is 2.32 bits per heavy atom. The summed E-state index contributed by atoms with van der Waals surface area (Å²) in [6.07, 6.45) is 6.41. The maximum atomic E-state index is 13.0. The van der Waals surface area contributed by atoms with Gasteiger partial charge < -0.3 is 25.8 Å². The molecule has 0 saturated heterocycles. The lowest BCUT2D eigenvalue weighted by atomic mass is 9.63. The highest BCUT2D eigenvalue weighted by atomic mass is 16.5. The summed E-state index contributed by atoms with van der Waals surface area (Å²) >= 11 is 0. The summed E-state index contributed by atoms with van der Waals surface area (Å²) in [5.74, 6) is 0.249. The molecule has 216 valence electrons. The summed E-state index contributed by atoms with van der Waals surface area (Å²) in [6, 6.07) is 20.3. The summed E-state index contributed by atoms with van der Waals surface area (Å²) in [4.78, 5) is 31.3. The molecular weight excluding hydrogens is 516 g/mol. The summed E-state index contributed by atoms with van der Waals surface area (Å²) in [5.41, 5.74) is 10.7. The van der Waals surface area contributed by atoms with Crippen LogP contribution in [-0.2, 0) is 15.1 Å². The van der Waals surface area contributed by atoms with Crippen molar-refractivity contribution in [3.05, 3.63) is 72.4 Å². The van der Waals surface area contributed by atoms with E-state index in [2.05, 4.69) is 5.32 Å². The van der Waals surface area contributed by atoms with Crippen LogP contribution in [0.2, 0.25) is 0 Å². The average molecular weight is 557 g/mol. The number of aliphatic hydroxyl groups is 1. The van der Waals surface area contributed by atoms with Crippen LogP contribution in [0.3, 0.4) is 0 Å². The van der Waals surface area contributed by atoms with Gasteiger partial charge in [-0.2, -0.15) is 0 Å². The minimum absolute atomic E-state index is 0.0303. The van der Waals surface area contributed by atoms with E-state index in [9.17, 15) is 14.7 Å². The van der Waals surface area contributed by atoms with Gasteiger partial charge in [0.25, 0.3) is 0 Å². The molecular formula is C33H40N4O4. The first kappa shape index (κ1) is 28.8. The number of pyridine rings is 1. The molecule has 0 spiro atoms. The number of aromatic nitrogens is 1. The van der Waals surface area contributed by atoms with Crippen LogP contribution < -0.4 is 11.1 Å². The molecule has 0 aliphatic heterocycles. The van der Waals surface area contributed by atoms with Gasteiger partial charge in [0.2, 0.25) is 5.91 Å². The van der Waals surface area contributed by atoms with Crippen LogP contribution in [0, 0.1) is 5.92 Å². The summed E-state index contributed by atoms with van der Waals surface area (Å²) in [6.45, 7) is 1.82. The Balaban J connectivity index is 1.29. The number of carbonyl (C=O) groups excluding carboxylic acids is 2. The number of hydrogen-bond acceptors (Lipinski definition) is 6. The van der Waals surface area contributed by atoms with Gasteiger partial charge in [0, 0.05) is 36.2 Å². The second-order valence-corrected chi connectivity index (χ2v) is 12.1. The molecule has 4 N–H and O–H groups in total. The van der Waals surface area contributed by atoms with Gasteiger partial charge in [-0.05, 0) is 68.6 Å². The van der Waals surface area contributed by atoms with E-state index in [0.717, 1.165) is 53.6 Å². The number of nitrogens with two attached hydrogens (primary N) is 1. The number of nitrogens with zero attached hydrogens (tertiary/aromatic N) is 2. The average Bonchev–Trinajstić information content (AvgIpc) is 2.96. The topological polar surface area (TPSA) is 118 Å². The van der Waals surface area contributed by atoms with Gasteiger partial charge in [-0.3, -0.25) is 9.78 Å². The molecule has 41 heavy (non-hydrogen) atoms. The second kappa shape index (κ2) is 11.6. The van der Waals surface area contributed by atoms with E-state index in [-0.39, 0.29) is 24.0 Å². The van der Waals surface area contributed by atoms with E-state index in [4.69, 9.17) is 15.5 Å². The lowest BCUT2D eigenvalue weighted by Crippen LogP contribution is -2.58. The fraction of sp³-hybridized carbons (Fsp3) is 0.424. The Morgan fingerprint density at radius 1 is 1.05 bits per heavy atom. The Labute approximate surface area is 241 Å². The maximum Gasteiger partial charge on any atom is 0.409 e. The molecule has 8 nitrogen and oxygen atoms in total. The molecule has 0 radical (unpaired) electrons. The fourth-order valence-corrected chi connectivity index (χ4v) is 6.58. The first-order valence-electron chi connectivity index (χ1n) is 14.4. The van der Waals surface area contributed by atoms with Crippen molar-refractivity contribution >= 4 is 17.7 Å². The number of hydrogen-bond donors (Lipinski definition) is 3. The third kappa shape index (κ3) is 6.44. The Bertz CT molecular complexity index is 1370. The summed E-state index contributed by atoms with van der Waals surface area (Å²) < 4.78 is 4.84. The molecule has 8 heteroatoms. The summed E-state index contributed by atoms with van der Waals surface area (Å²) in [7, 11) is 3.17. The van der Waals surface area contributed by atoms with Gasteiger partial charge in [-0.1, -0.05) is 54.6 Å². The molecule has 0 unspecified atom stereocenters. The lowest BCUT2D eigenvalue weighted by molar-refractivity contribution is -0.117. The molecule has 1 heterocycles. The van der Waals surface area contributed by atoms with Crippen LogP contribution >= 0.6 is 0 Å². The zero-order valence-electron chi connectivity index (χ0n) is 24.1. The molecule has 2 amide bonds. The predicted molar refractivity (Wildman–Crippen MR) is 160 cm³/mol. The van der Waals surface area contributed by atoms with Gasteiger partial charge in [0.05, 0.1) is 30.3 Å². The van der Waals surface area contributed by atoms with Crippen LogP contribution in [0.4, 0.5) is 10.5 Å². The number of amides is 2. The van der Waals surface area contributed by atoms with Crippen LogP contribution in [0.15, 0.2) is 66.9 Å². The molecule has 2 aromatic carbocycles. The van der Waals surface area contributed by atoms with Crippen LogP contribution in [0.5, 0.6) is 0 Å². The van der Waals surface area contributed by atoms with E-state index in [1.807, 2.05) is 67.6 Å². The number of benzene rings is 2. The van der Waals surface area contributed by atoms with Crippen molar-refractivity contribution in [1.29, 1.82) is 0 Å². The molecule has 3 aromatic rings. The zero-order chi connectivity index (χ0) is 29.2. The van der Waals surface area contributed by atoms with Crippen molar-refractivity contribution < 1.29 is 19.4 Å². The van der Waals surface area contributed by atoms with Crippen molar-refractivity contribution in [2.24, 2.45) is 11.7 Å². The Hall–Kier alpha value is -3.75. The minimum atomic E-state index is -0.712. The van der Waals surface area contributed by atoms with Crippen molar-refractivity contribution in [2.75, 3.05) is 19.5 Å². The number of anilines is 1. The SMILES string of the molecule is COC(=O)N(C)C1CCC(CC(=O)Nc2cnc(-c3ccc(C4(N)CC(C)(O)C4)cc3)c(-c3ccccc3)c2)CC1. The molecule has 1 aromatic heterocycles. The molecule has 0 atom stereocenters. The third-order valence-corrected chi connectivity index (χ3v) is 8.68. The first-order chi connectivity index (χ1) is 19.6. The smallest absolute Gasteiger partial charge is 0.409 e. The highest BCUT2D eigenvalue weighted by Gasteiger charge is 2.49. The van der Waals surface area contributed by atoms with E-state index in [1.165, 1.54) is 7.11 Å². The molecule has 2 aliphatic carbocycles. The second-order valence-electron chi connectivity index (χ2n) is 12.1. The molecule has 2 aliphatic rings. The largest absolute Gasteiger partial charge is 0.453 e. The van der Waals surface area contributed by atoms with Gasteiger partial charge in [-0.25, -0.2) is 4.79 Å². The summed E-state index contributed by atoms with van der Waals surface area (Å²) in [5, 5.41) is 13.3. The Morgan fingerprint density at radius 2 is 1.71 bits per heavy atom. The highest BCUT2D eigenvalue weighted by Crippen LogP contribution is 2.46. The van der Waals surface area contributed by atoms with E-state index >= 15 is 0 Å². The van der Waals surface area contributed by atoms with Crippen LogP contribution in [0.1, 0.15) is 57.4 Å². The molecule has 5 rings (SSSR count). The van der Waals surface area contributed by atoms with E-state index < -0.39 is 11.1 Å². The van der Waals surface area contributed by atoms with E-state index in [1.54, 1.807) is 18.1 Å². The van der Waals surface area contributed by atoms with Gasteiger partial charge in [0.15, 0.2) is 0 Å². The number of ether oxygens (including phenoxy) is 1. The maximum absolute atomic E-state index is 13.0. The molecule has 0 bridgehead atoms. The van der Waals surface area contributed by atoms with E-state index in [0.29, 0.717) is 24.9 Å². The quantitative estimate of drug-likeness (QED) is 0.344.